The number of methoxy groups -OCH3 is 1. The number of rotatable bonds is 9. The summed E-state index contributed by atoms with van der Waals surface area (Å²) in [7, 11) is 7.77. The van der Waals surface area contributed by atoms with Gasteiger partial charge in [-0.1, -0.05) is 25.0 Å². The van der Waals surface area contributed by atoms with Gasteiger partial charge in [-0.25, -0.2) is 0 Å². The number of guanidine groups is 1. The molecule has 0 unspecified atom stereocenters. The maximum atomic E-state index is 5.32. The van der Waals surface area contributed by atoms with Crippen molar-refractivity contribution in [2.45, 2.75) is 38.5 Å². The van der Waals surface area contributed by atoms with Crippen LogP contribution in [-0.2, 0) is 11.2 Å². The second kappa shape index (κ2) is 10.4. The lowest BCUT2D eigenvalue weighted by atomic mass is 9.83. The molecule has 0 atom stereocenters. The first-order valence-electron chi connectivity index (χ1n) is 9.78. The van der Waals surface area contributed by atoms with Crippen molar-refractivity contribution in [3.8, 4) is 0 Å². The molecule has 1 aromatic carbocycles. The van der Waals surface area contributed by atoms with Crippen molar-refractivity contribution in [1.29, 1.82) is 0 Å². The Morgan fingerprint density at radius 1 is 1.15 bits per heavy atom. The fourth-order valence-electron chi connectivity index (χ4n) is 3.74. The summed E-state index contributed by atoms with van der Waals surface area (Å²) in [6.45, 7) is 2.70. The summed E-state index contributed by atoms with van der Waals surface area (Å²) in [5.41, 5.74) is 2.94. The Morgan fingerprint density at radius 2 is 1.85 bits per heavy atom. The highest BCUT2D eigenvalue weighted by Gasteiger charge is 2.33. The van der Waals surface area contributed by atoms with Gasteiger partial charge in [0.1, 0.15) is 0 Å². The molecule has 0 bridgehead atoms. The first-order valence-corrected chi connectivity index (χ1v) is 9.78. The molecule has 1 aliphatic rings. The van der Waals surface area contributed by atoms with Crippen LogP contribution in [0.3, 0.4) is 0 Å². The first kappa shape index (κ1) is 20.6. The molecule has 2 rings (SSSR count). The number of ether oxygens (including phenoxy) is 1. The SMILES string of the molecule is CN=C(NCCc1ccc(N(C)C)cc1)NCC1(CCOC)CCCC1. The summed E-state index contributed by atoms with van der Waals surface area (Å²) in [5, 5.41) is 7.00. The first-order chi connectivity index (χ1) is 12.6. The zero-order valence-electron chi connectivity index (χ0n) is 17.0. The fourth-order valence-corrected chi connectivity index (χ4v) is 3.74. The van der Waals surface area contributed by atoms with Gasteiger partial charge in [-0.2, -0.15) is 0 Å². The minimum atomic E-state index is 0.371. The highest BCUT2D eigenvalue weighted by molar-refractivity contribution is 5.79. The monoisotopic (exact) mass is 360 g/mol. The number of hydrogen-bond donors (Lipinski definition) is 2. The Balaban J connectivity index is 1.76. The van der Waals surface area contributed by atoms with Crippen LogP contribution in [0.1, 0.15) is 37.7 Å². The molecule has 0 saturated heterocycles. The fraction of sp³-hybridized carbons (Fsp3) is 0.667. The zero-order valence-corrected chi connectivity index (χ0v) is 17.0. The van der Waals surface area contributed by atoms with E-state index in [0.717, 1.165) is 38.5 Å². The van der Waals surface area contributed by atoms with E-state index >= 15 is 0 Å². The quantitative estimate of drug-likeness (QED) is 0.525. The predicted molar refractivity (Wildman–Crippen MR) is 111 cm³/mol. The molecule has 1 fully saturated rings. The average molecular weight is 361 g/mol. The number of nitrogens with one attached hydrogen (secondary N) is 2. The predicted octanol–water partition coefficient (Wildman–Crippen LogP) is 3.06. The lowest BCUT2D eigenvalue weighted by molar-refractivity contribution is 0.138. The molecular formula is C21H36N4O. The number of anilines is 1. The lowest BCUT2D eigenvalue weighted by Crippen LogP contribution is -2.43. The maximum Gasteiger partial charge on any atom is 0.191 e. The van der Waals surface area contributed by atoms with Crippen LogP contribution < -0.4 is 15.5 Å². The zero-order chi connectivity index (χ0) is 18.8. The van der Waals surface area contributed by atoms with Gasteiger partial charge in [0.05, 0.1) is 0 Å². The van der Waals surface area contributed by atoms with E-state index in [1.165, 1.54) is 36.9 Å². The van der Waals surface area contributed by atoms with Crippen LogP contribution in [0.2, 0.25) is 0 Å². The van der Waals surface area contributed by atoms with Crippen LogP contribution in [0.15, 0.2) is 29.3 Å². The molecule has 0 radical (unpaired) electrons. The largest absolute Gasteiger partial charge is 0.385 e. The van der Waals surface area contributed by atoms with Crippen LogP contribution in [0.4, 0.5) is 5.69 Å². The third kappa shape index (κ3) is 6.20. The minimum Gasteiger partial charge on any atom is -0.385 e. The Labute approximate surface area is 159 Å². The number of nitrogens with zero attached hydrogens (tertiary/aromatic N) is 2. The van der Waals surface area contributed by atoms with Crippen molar-refractivity contribution in [3.05, 3.63) is 29.8 Å². The van der Waals surface area contributed by atoms with Crippen LogP contribution in [-0.4, -0.2) is 53.9 Å². The molecule has 0 spiro atoms. The average Bonchev–Trinajstić information content (AvgIpc) is 3.12. The van der Waals surface area contributed by atoms with Crippen molar-refractivity contribution in [1.82, 2.24) is 10.6 Å². The van der Waals surface area contributed by atoms with E-state index in [1.54, 1.807) is 7.11 Å². The standard InChI is InChI=1S/C21H36N4O/c1-22-20(24-17-21(14-16-26-4)12-5-6-13-21)23-15-11-18-7-9-19(10-8-18)25(2)3/h7-10H,5-6,11-17H2,1-4H3,(H2,22,23,24). The molecular weight excluding hydrogens is 324 g/mol. The second-order valence-corrected chi connectivity index (χ2v) is 7.61. The molecule has 1 aliphatic carbocycles. The van der Waals surface area contributed by atoms with Crippen molar-refractivity contribution in [3.63, 3.8) is 0 Å². The molecule has 1 saturated carbocycles. The Morgan fingerprint density at radius 3 is 2.42 bits per heavy atom. The van der Waals surface area contributed by atoms with Gasteiger partial charge in [0.15, 0.2) is 5.96 Å². The van der Waals surface area contributed by atoms with Crippen molar-refractivity contribution < 1.29 is 4.74 Å². The van der Waals surface area contributed by atoms with E-state index < -0.39 is 0 Å². The van der Waals surface area contributed by atoms with Gasteiger partial charge in [0.25, 0.3) is 0 Å². The van der Waals surface area contributed by atoms with E-state index in [0.29, 0.717) is 5.41 Å². The van der Waals surface area contributed by atoms with Gasteiger partial charge in [0.2, 0.25) is 0 Å². The third-order valence-electron chi connectivity index (χ3n) is 5.51. The van der Waals surface area contributed by atoms with Gasteiger partial charge >= 0.3 is 0 Å². The smallest absolute Gasteiger partial charge is 0.191 e. The van der Waals surface area contributed by atoms with Crippen molar-refractivity contribution in [2.75, 3.05) is 52.8 Å². The van der Waals surface area contributed by atoms with Gasteiger partial charge in [-0.05, 0) is 48.8 Å². The summed E-state index contributed by atoms with van der Waals surface area (Å²) in [5.74, 6) is 0.901. The number of hydrogen-bond acceptors (Lipinski definition) is 3. The van der Waals surface area contributed by atoms with Crippen LogP contribution in [0.5, 0.6) is 0 Å². The van der Waals surface area contributed by atoms with E-state index in [-0.39, 0.29) is 0 Å². The van der Waals surface area contributed by atoms with Gasteiger partial charge in [0, 0.05) is 53.6 Å². The van der Waals surface area contributed by atoms with Gasteiger partial charge in [-0.15, -0.1) is 0 Å². The summed E-state index contributed by atoms with van der Waals surface area (Å²) in [6.07, 6.45) is 7.37. The summed E-state index contributed by atoms with van der Waals surface area (Å²) in [4.78, 5) is 6.51. The van der Waals surface area contributed by atoms with E-state index in [4.69, 9.17) is 4.74 Å². The normalized spacial score (nSPS) is 16.5. The second-order valence-electron chi connectivity index (χ2n) is 7.61. The lowest BCUT2D eigenvalue weighted by Gasteiger charge is -2.30. The molecule has 2 N–H and O–H groups in total. The molecule has 0 heterocycles. The summed E-state index contributed by atoms with van der Waals surface area (Å²) < 4.78 is 5.32. The summed E-state index contributed by atoms with van der Waals surface area (Å²) in [6, 6.07) is 8.74. The molecule has 5 nitrogen and oxygen atoms in total. The third-order valence-corrected chi connectivity index (χ3v) is 5.51. The Kier molecular flexibility index (Phi) is 8.23. The van der Waals surface area contributed by atoms with Crippen molar-refractivity contribution in [2.24, 2.45) is 10.4 Å². The van der Waals surface area contributed by atoms with Gasteiger partial charge < -0.3 is 20.3 Å². The number of benzene rings is 1. The molecule has 0 amide bonds. The van der Waals surface area contributed by atoms with E-state index in [1.807, 2.05) is 7.05 Å². The van der Waals surface area contributed by atoms with E-state index in [9.17, 15) is 0 Å². The molecule has 0 aromatic heterocycles. The Hall–Kier alpha value is -1.75. The molecule has 0 aliphatic heterocycles. The molecule has 26 heavy (non-hydrogen) atoms. The molecule has 5 heteroatoms. The summed E-state index contributed by atoms with van der Waals surface area (Å²) >= 11 is 0. The molecule has 1 aromatic rings. The Bertz CT molecular complexity index is 548. The topological polar surface area (TPSA) is 48.9 Å². The van der Waals surface area contributed by atoms with Crippen LogP contribution in [0.25, 0.3) is 0 Å². The van der Waals surface area contributed by atoms with Crippen LogP contribution >= 0.6 is 0 Å². The minimum absolute atomic E-state index is 0.371. The van der Waals surface area contributed by atoms with Crippen LogP contribution in [0, 0.1) is 5.41 Å². The number of aliphatic imine (C=N–C) groups is 1. The highest BCUT2D eigenvalue weighted by atomic mass is 16.5. The highest BCUT2D eigenvalue weighted by Crippen LogP contribution is 2.40. The molecule has 146 valence electrons. The van der Waals surface area contributed by atoms with Gasteiger partial charge in [-0.3, -0.25) is 4.99 Å². The van der Waals surface area contributed by atoms with Crippen molar-refractivity contribution >= 4 is 11.6 Å². The van der Waals surface area contributed by atoms with E-state index in [2.05, 4.69) is 58.9 Å². The maximum absolute atomic E-state index is 5.32.